The summed E-state index contributed by atoms with van der Waals surface area (Å²) in [5.74, 6) is -5.11. The minimum Gasteiger partial charge on any atom is -0.871 e. The van der Waals surface area contributed by atoms with Crippen LogP contribution >= 0.6 is 11.6 Å². The number of halogens is 1. The summed E-state index contributed by atoms with van der Waals surface area (Å²) in [4.78, 5) is 3.26. The molecule has 38 heteroatoms. The van der Waals surface area contributed by atoms with Gasteiger partial charge in [-0.25, -0.2) is 50.5 Å². The number of fused-ring (bicyclic) bond motifs is 2. The van der Waals surface area contributed by atoms with Crippen molar-refractivity contribution in [1.82, 2.24) is 15.0 Å². The molecule has 0 unspecified atom stereocenters. The van der Waals surface area contributed by atoms with Crippen molar-refractivity contribution in [3.05, 3.63) is 84.1 Å². The first-order valence-electron chi connectivity index (χ1n) is 18.2. The summed E-state index contributed by atoms with van der Waals surface area (Å²) in [5, 5.41) is 52.1. The number of aromatic hydroxyl groups is 1. The van der Waals surface area contributed by atoms with Crippen LogP contribution in [0.4, 0.5) is 46.0 Å². The summed E-state index contributed by atoms with van der Waals surface area (Å²) < 4.78 is 218. The molecule has 3 N–H and O–H groups in total. The van der Waals surface area contributed by atoms with Crippen LogP contribution in [0.5, 0.6) is 17.2 Å². The monoisotopic (exact) mass is 1190 g/mol. The van der Waals surface area contributed by atoms with Gasteiger partial charge in [0.2, 0.25) is 17.2 Å². The summed E-state index contributed by atoms with van der Waals surface area (Å²) >= 11 is 5.98. The molecule has 0 fully saturated rings. The molecule has 387 valence electrons. The average Bonchev–Trinajstić information content (AvgIpc) is 3.24. The Morgan fingerprint density at radius 3 is 1.60 bits per heavy atom. The van der Waals surface area contributed by atoms with Gasteiger partial charge in [0, 0.05) is 27.5 Å². The topological polar surface area (TPSA) is 522 Å². The molecule has 0 aliphatic carbocycles. The molecule has 6 aromatic carbocycles. The van der Waals surface area contributed by atoms with E-state index in [9.17, 15) is 93.1 Å². The van der Waals surface area contributed by atoms with E-state index in [0.29, 0.717) is 18.2 Å². The number of phenolic OH excluding ortho intramolecular Hbond substituents is 1. The predicted molar refractivity (Wildman–Crippen MR) is 236 cm³/mol. The van der Waals surface area contributed by atoms with Gasteiger partial charge in [0.25, 0.3) is 0 Å². The molecule has 1 radical (unpaired) electrons. The van der Waals surface area contributed by atoms with E-state index in [1.807, 2.05) is 0 Å². The fourth-order valence-electron chi connectivity index (χ4n) is 6.34. The van der Waals surface area contributed by atoms with Crippen molar-refractivity contribution < 1.29 is 119 Å². The molecule has 30 nitrogen and oxygen atoms in total. The maximum Gasteiger partial charge on any atom is 2.00 e. The maximum absolute atomic E-state index is 13.5. The standard InChI is InChI=1S/C35H24ClN9O21S6.Cu/c36-33-39-34(37-14-2-1-3-16(8-14)67(49,50)51)41-35(40-33)38-15-4-6-21(25(9-15)70(58,59)60)42-45-30-27(72(64,65)66)12-19-18(31(30)47)5-7-23(46)29(19)44-43-22-13-24(69(55,56)57)20-10-17(68(52,53)54)11-26(71(61,62)63)28(20)32(22)48;/h1-13,46-48H,(H,49,50,51)(H,52,53,54)(H,55,56,57)(H,58,59,60)(H,61,62,63)(H,64,65,66)(H2,37,38,39,40,41);/q;+2/p-2. The zero-order valence-corrected chi connectivity index (χ0v) is 41.0. The van der Waals surface area contributed by atoms with E-state index >= 15 is 0 Å². The second-order valence-corrected chi connectivity index (χ2v) is 22.5. The molecule has 0 saturated carbocycles. The summed E-state index contributed by atoms with van der Waals surface area (Å²) in [6.45, 7) is 0. The van der Waals surface area contributed by atoms with Crippen molar-refractivity contribution in [3.8, 4) is 17.2 Å². The Hall–Kier alpha value is -6.68. The largest absolute Gasteiger partial charge is 2.00 e. The number of anilines is 4. The summed E-state index contributed by atoms with van der Waals surface area (Å²) in [7, 11) is -33.9. The minimum atomic E-state index is -5.99. The molecule has 0 atom stereocenters. The molecule has 0 aliphatic heterocycles. The molecule has 7 aromatic rings. The van der Waals surface area contributed by atoms with Gasteiger partial charge in [-0.05, 0) is 77.7 Å². The Labute approximate surface area is 433 Å². The zero-order chi connectivity index (χ0) is 53.3. The molecule has 7 rings (SSSR count). The van der Waals surface area contributed by atoms with Crippen LogP contribution in [-0.2, 0) is 77.8 Å². The Morgan fingerprint density at radius 1 is 0.493 bits per heavy atom. The van der Waals surface area contributed by atoms with Gasteiger partial charge >= 0.3 is 25.6 Å². The smallest absolute Gasteiger partial charge is 0.871 e. The third-order valence-corrected chi connectivity index (χ3v) is 14.6. The van der Waals surface area contributed by atoms with Crippen LogP contribution in [0.25, 0.3) is 21.5 Å². The van der Waals surface area contributed by atoms with E-state index in [1.165, 1.54) is 12.1 Å². The van der Waals surface area contributed by atoms with Gasteiger partial charge in [-0.3, -0.25) is 0 Å². The van der Waals surface area contributed by atoms with E-state index in [0.717, 1.165) is 30.3 Å². The Morgan fingerprint density at radius 2 is 1.04 bits per heavy atom. The molecule has 1 aromatic heterocycles. The van der Waals surface area contributed by atoms with Gasteiger partial charge in [0.1, 0.15) is 72.1 Å². The molecule has 1 heterocycles. The number of nitrogens with one attached hydrogen (secondary N) is 2. The molecule has 0 saturated heterocycles. The van der Waals surface area contributed by atoms with Crippen LogP contribution in [0.15, 0.2) is 129 Å². The van der Waals surface area contributed by atoms with Crippen LogP contribution in [0.1, 0.15) is 8.56 Å². The molecule has 0 bridgehead atoms. The second-order valence-electron chi connectivity index (χ2n) is 14.0. The zero-order valence-electron chi connectivity index (χ0n) is 40.4. The van der Waals surface area contributed by atoms with E-state index < -0.39 is 163 Å². The molecule has 0 spiro atoms. The molecule has 0 aliphatic rings. The molecular weight excluding hydrogens is 1170 g/mol. The number of hydrogen-bond acceptors (Lipinski definition) is 30. The number of nitrogens with zero attached hydrogens (tertiary/aromatic N) is 7. The van der Waals surface area contributed by atoms with Crippen molar-refractivity contribution in [2.75, 3.05) is 10.6 Å². The number of phenols is 1. The third-order valence-electron chi connectivity index (χ3n) is 9.32. The fraction of sp³-hybridized carbons (Fsp3) is 0. The first-order chi connectivity index (χ1) is 33.1. The SMILES string of the molecule is O=S(=O)([O-])c1cccc(Nc2nc(Cl)nc(Nc3ccc(N=Nc4c(S(=O)(=O)[O-])cc5c(N=Nc6cc(S(=O)(=O)[O-])c7cc(S(=O)(=O)[O-])cc(S(=O)(=O)[O-])c7c6[O-])c([O-])ccc5c4O)c(S(=O)(=O)[O-])c3)n2)c1.[Cu+2].[H+].[H+].[H+].[H+].[H+].[H+]. The predicted octanol–water partition coefficient (Wildman–Crippen LogP) is 3.10. The van der Waals surface area contributed by atoms with Gasteiger partial charge in [-0.2, -0.15) is 25.2 Å². The van der Waals surface area contributed by atoms with Crippen LogP contribution < -0.4 is 20.8 Å². The van der Waals surface area contributed by atoms with Gasteiger partial charge in [0.15, 0.2) is 5.75 Å². The first-order valence-corrected chi connectivity index (χ1v) is 27.0. The molecule has 0 amide bonds. The van der Waals surface area contributed by atoms with Crippen molar-refractivity contribution in [2.24, 2.45) is 20.5 Å². The van der Waals surface area contributed by atoms with Gasteiger partial charge in [0.05, 0.1) is 40.7 Å². The number of rotatable bonds is 14. The molecular formula is C35H22ClCuN9O21S6. The van der Waals surface area contributed by atoms with Crippen LogP contribution in [0.2, 0.25) is 5.28 Å². The average molecular weight is 1200 g/mol. The van der Waals surface area contributed by atoms with Gasteiger partial charge in [-0.1, -0.05) is 29.7 Å². The van der Waals surface area contributed by atoms with Gasteiger partial charge < -0.3 is 53.3 Å². The van der Waals surface area contributed by atoms with E-state index in [-0.39, 0.29) is 61.2 Å². The minimum absolute atomic E-state index is 0. The summed E-state index contributed by atoms with van der Waals surface area (Å²) in [6, 6.07) is 8.85. The third kappa shape index (κ3) is 12.1. The Bertz CT molecular complexity index is 4320. The Kier molecular flexibility index (Phi) is 15.0. The second kappa shape index (κ2) is 19.6. The maximum atomic E-state index is 13.5. The number of azo groups is 2. The van der Waals surface area contributed by atoms with E-state index in [1.54, 1.807) is 0 Å². The summed E-state index contributed by atoms with van der Waals surface area (Å²) in [6.07, 6.45) is 0. The fourth-order valence-corrected chi connectivity index (χ4v) is 10.3. The quantitative estimate of drug-likeness (QED) is 0.0800. The van der Waals surface area contributed by atoms with Gasteiger partial charge in [-0.15, -0.1) is 10.2 Å². The van der Waals surface area contributed by atoms with Crippen molar-refractivity contribution in [2.45, 2.75) is 29.4 Å². The number of hydrogen-bond donors (Lipinski definition) is 3. The normalized spacial score (nSPS) is 12.9. The van der Waals surface area contributed by atoms with Crippen LogP contribution in [0, 0.1) is 0 Å². The van der Waals surface area contributed by atoms with E-state index in [4.69, 9.17) is 11.6 Å². The van der Waals surface area contributed by atoms with Crippen LogP contribution in [0.3, 0.4) is 0 Å². The Balaban J connectivity index is 0.00000869. The first kappa shape index (κ1) is 55.6. The molecule has 73 heavy (non-hydrogen) atoms. The number of benzene rings is 6. The summed E-state index contributed by atoms with van der Waals surface area (Å²) in [5.41, 5.74) is -4.83. The van der Waals surface area contributed by atoms with E-state index in [2.05, 4.69) is 46.0 Å². The van der Waals surface area contributed by atoms with Crippen molar-refractivity contribution in [1.29, 1.82) is 0 Å². The van der Waals surface area contributed by atoms with Crippen LogP contribution in [-0.4, -0.2) is 97.9 Å². The van der Waals surface area contributed by atoms with Crippen molar-refractivity contribution in [3.63, 3.8) is 0 Å². The number of aromatic nitrogens is 3. The van der Waals surface area contributed by atoms with Crippen molar-refractivity contribution >= 4 is 140 Å².